The van der Waals surface area contributed by atoms with Gasteiger partial charge in [-0.25, -0.2) is 0 Å². The molecule has 1 aliphatic rings. The Hall–Kier alpha value is -0.870. The van der Waals surface area contributed by atoms with Gasteiger partial charge in [0.15, 0.2) is 0 Å². The van der Waals surface area contributed by atoms with Gasteiger partial charge in [-0.1, -0.05) is 26.3 Å². The minimum atomic E-state index is 0.0500. The molecule has 0 bridgehead atoms. The molecule has 0 aromatic rings. The van der Waals surface area contributed by atoms with Crippen LogP contribution in [-0.2, 0) is 4.79 Å². The third-order valence-electron chi connectivity index (χ3n) is 3.62. The molecule has 1 fully saturated rings. The molecule has 1 amide bonds. The van der Waals surface area contributed by atoms with E-state index in [1.807, 2.05) is 11.8 Å². The summed E-state index contributed by atoms with van der Waals surface area (Å²) in [5.74, 6) is 0.117. The number of hydrogen-bond acceptors (Lipinski definition) is 3. The summed E-state index contributed by atoms with van der Waals surface area (Å²) in [6.45, 7) is 12.5. The van der Waals surface area contributed by atoms with E-state index in [1.165, 1.54) is 0 Å². The smallest absolute Gasteiger partial charge is 0.246 e. The number of carbonyl (C=O) groups excluding carboxylic acids is 1. The van der Waals surface area contributed by atoms with Crippen molar-refractivity contribution < 1.29 is 9.90 Å². The highest BCUT2D eigenvalue weighted by Gasteiger charge is 2.21. The topological polar surface area (TPSA) is 43.8 Å². The van der Waals surface area contributed by atoms with Crippen LogP contribution in [0.25, 0.3) is 0 Å². The van der Waals surface area contributed by atoms with Gasteiger partial charge in [-0.3, -0.25) is 9.69 Å². The minimum Gasteiger partial charge on any atom is -0.395 e. The normalized spacial score (nSPS) is 19.2. The van der Waals surface area contributed by atoms with Crippen molar-refractivity contribution in [3.63, 3.8) is 0 Å². The number of piperazine rings is 1. The first-order chi connectivity index (χ1) is 8.34. The molecule has 0 spiro atoms. The fourth-order valence-corrected chi connectivity index (χ4v) is 1.83. The van der Waals surface area contributed by atoms with Crippen molar-refractivity contribution in [3.05, 3.63) is 11.6 Å². The van der Waals surface area contributed by atoms with Crippen LogP contribution in [0.2, 0.25) is 0 Å². The van der Waals surface area contributed by atoms with E-state index in [1.54, 1.807) is 6.08 Å². The fourth-order valence-electron chi connectivity index (χ4n) is 1.83. The minimum absolute atomic E-state index is 0.0500. The monoisotopic (exact) mass is 254 g/mol. The van der Waals surface area contributed by atoms with E-state index in [-0.39, 0.29) is 17.9 Å². The Labute approximate surface area is 110 Å². The van der Waals surface area contributed by atoms with E-state index in [2.05, 4.69) is 25.7 Å². The lowest BCUT2D eigenvalue weighted by molar-refractivity contribution is -0.127. The lowest BCUT2D eigenvalue weighted by atomic mass is 9.87. The first-order valence-electron chi connectivity index (χ1n) is 6.65. The van der Waals surface area contributed by atoms with Gasteiger partial charge < -0.3 is 10.0 Å². The standard InChI is InChI=1S/C14H26N2O2/c1-12(14(2,3)4)11-13(18)16-7-5-15(6-8-16)9-10-17/h11,17H,5-10H2,1-4H3. The van der Waals surface area contributed by atoms with Crippen LogP contribution in [0.3, 0.4) is 0 Å². The molecule has 0 aromatic heterocycles. The molecule has 4 nitrogen and oxygen atoms in total. The zero-order valence-electron chi connectivity index (χ0n) is 12.1. The molecular weight excluding hydrogens is 228 g/mol. The molecule has 0 atom stereocenters. The van der Waals surface area contributed by atoms with Crippen molar-refractivity contribution in [2.45, 2.75) is 27.7 Å². The molecule has 0 aliphatic carbocycles. The molecule has 1 heterocycles. The molecule has 1 rings (SSSR count). The Kier molecular flexibility index (Phi) is 5.35. The van der Waals surface area contributed by atoms with E-state index in [9.17, 15) is 4.79 Å². The third kappa shape index (κ3) is 4.42. The van der Waals surface area contributed by atoms with Gasteiger partial charge in [0.1, 0.15) is 0 Å². The Morgan fingerprint density at radius 1 is 1.22 bits per heavy atom. The van der Waals surface area contributed by atoms with Gasteiger partial charge in [-0.15, -0.1) is 0 Å². The lowest BCUT2D eigenvalue weighted by Crippen LogP contribution is -2.49. The molecule has 0 unspecified atom stereocenters. The molecule has 18 heavy (non-hydrogen) atoms. The Morgan fingerprint density at radius 2 is 1.78 bits per heavy atom. The van der Waals surface area contributed by atoms with Gasteiger partial charge in [-0.05, 0) is 12.3 Å². The SMILES string of the molecule is CC(=CC(=O)N1CCN(CCO)CC1)C(C)(C)C. The molecule has 4 heteroatoms. The molecule has 104 valence electrons. The highest BCUT2D eigenvalue weighted by Crippen LogP contribution is 2.24. The second kappa shape index (κ2) is 6.34. The van der Waals surface area contributed by atoms with Gasteiger partial charge in [-0.2, -0.15) is 0 Å². The summed E-state index contributed by atoms with van der Waals surface area (Å²) in [6.07, 6.45) is 1.77. The predicted molar refractivity (Wildman–Crippen MR) is 73.3 cm³/mol. The maximum atomic E-state index is 12.1. The molecule has 1 saturated heterocycles. The summed E-state index contributed by atoms with van der Waals surface area (Å²) in [5, 5.41) is 8.87. The number of rotatable bonds is 3. The summed E-state index contributed by atoms with van der Waals surface area (Å²) in [4.78, 5) is 16.2. The van der Waals surface area contributed by atoms with Crippen LogP contribution >= 0.6 is 0 Å². The molecule has 0 radical (unpaired) electrons. The van der Waals surface area contributed by atoms with Crippen molar-refractivity contribution in [1.82, 2.24) is 9.80 Å². The number of aliphatic hydroxyl groups is 1. The lowest BCUT2D eigenvalue weighted by Gasteiger charge is -2.34. The van der Waals surface area contributed by atoms with Crippen LogP contribution in [0.5, 0.6) is 0 Å². The molecule has 0 saturated carbocycles. The number of hydrogen-bond donors (Lipinski definition) is 1. The first kappa shape index (κ1) is 15.2. The first-order valence-corrected chi connectivity index (χ1v) is 6.65. The fraction of sp³-hybridized carbons (Fsp3) is 0.786. The summed E-state index contributed by atoms with van der Waals surface area (Å²) in [5.41, 5.74) is 1.17. The maximum absolute atomic E-state index is 12.1. The number of allylic oxidation sites excluding steroid dienone is 1. The zero-order valence-corrected chi connectivity index (χ0v) is 12.1. The van der Waals surface area contributed by atoms with E-state index in [4.69, 9.17) is 5.11 Å². The van der Waals surface area contributed by atoms with E-state index < -0.39 is 0 Å². The van der Waals surface area contributed by atoms with Crippen molar-refractivity contribution in [3.8, 4) is 0 Å². The second-order valence-electron chi connectivity index (χ2n) is 5.97. The Bertz CT molecular complexity index is 310. The zero-order chi connectivity index (χ0) is 13.8. The number of β-amino-alcohol motifs (C(OH)–C–C–N with tert-alkyl or cyclic N) is 1. The summed E-state index contributed by atoms with van der Waals surface area (Å²) < 4.78 is 0. The number of nitrogens with zero attached hydrogens (tertiary/aromatic N) is 2. The van der Waals surface area contributed by atoms with Crippen LogP contribution in [0.1, 0.15) is 27.7 Å². The Balaban J connectivity index is 2.51. The molecule has 1 aliphatic heterocycles. The van der Waals surface area contributed by atoms with Crippen molar-refractivity contribution >= 4 is 5.91 Å². The van der Waals surface area contributed by atoms with Crippen LogP contribution in [-0.4, -0.2) is 60.1 Å². The average Bonchev–Trinajstić information content (AvgIpc) is 2.29. The van der Waals surface area contributed by atoms with Crippen molar-refractivity contribution in [2.24, 2.45) is 5.41 Å². The van der Waals surface area contributed by atoms with Crippen LogP contribution < -0.4 is 0 Å². The van der Waals surface area contributed by atoms with Crippen molar-refractivity contribution in [1.29, 1.82) is 0 Å². The highest BCUT2D eigenvalue weighted by atomic mass is 16.3. The quantitative estimate of drug-likeness (QED) is 0.768. The number of amides is 1. The largest absolute Gasteiger partial charge is 0.395 e. The number of aliphatic hydroxyl groups excluding tert-OH is 1. The number of carbonyl (C=O) groups is 1. The van der Waals surface area contributed by atoms with E-state index in [0.29, 0.717) is 6.54 Å². The van der Waals surface area contributed by atoms with Gasteiger partial charge in [0.25, 0.3) is 0 Å². The van der Waals surface area contributed by atoms with Crippen LogP contribution in [0.15, 0.2) is 11.6 Å². The molecule has 1 N–H and O–H groups in total. The van der Waals surface area contributed by atoms with E-state index >= 15 is 0 Å². The molecular formula is C14H26N2O2. The van der Waals surface area contributed by atoms with Crippen LogP contribution in [0.4, 0.5) is 0 Å². The van der Waals surface area contributed by atoms with Gasteiger partial charge in [0.05, 0.1) is 6.61 Å². The van der Waals surface area contributed by atoms with Crippen LogP contribution in [0, 0.1) is 5.41 Å². The Morgan fingerprint density at radius 3 is 2.22 bits per heavy atom. The van der Waals surface area contributed by atoms with Gasteiger partial charge in [0.2, 0.25) is 5.91 Å². The third-order valence-corrected chi connectivity index (χ3v) is 3.62. The summed E-state index contributed by atoms with van der Waals surface area (Å²) >= 11 is 0. The summed E-state index contributed by atoms with van der Waals surface area (Å²) in [6, 6.07) is 0. The van der Waals surface area contributed by atoms with Gasteiger partial charge in [0, 0.05) is 38.8 Å². The van der Waals surface area contributed by atoms with Crippen molar-refractivity contribution in [2.75, 3.05) is 39.3 Å². The maximum Gasteiger partial charge on any atom is 0.246 e. The summed E-state index contributed by atoms with van der Waals surface area (Å²) in [7, 11) is 0. The highest BCUT2D eigenvalue weighted by molar-refractivity contribution is 5.88. The molecule has 0 aromatic carbocycles. The second-order valence-corrected chi connectivity index (χ2v) is 5.97. The van der Waals surface area contributed by atoms with Gasteiger partial charge >= 0.3 is 0 Å². The van der Waals surface area contributed by atoms with E-state index in [0.717, 1.165) is 31.8 Å². The average molecular weight is 254 g/mol. The predicted octanol–water partition coefficient (Wildman–Crippen LogP) is 1.12.